The summed E-state index contributed by atoms with van der Waals surface area (Å²) in [7, 11) is 0. The van der Waals surface area contributed by atoms with Gasteiger partial charge in [-0.05, 0) is 32.0 Å². The topological polar surface area (TPSA) is 71.8 Å². The Bertz CT molecular complexity index is 1070. The Hall–Kier alpha value is -2.86. The predicted octanol–water partition coefficient (Wildman–Crippen LogP) is 4.89. The molecule has 1 N–H and O–H groups in total. The maximum absolute atomic E-state index is 13.0. The van der Waals surface area contributed by atoms with Crippen LogP contribution in [0.3, 0.4) is 0 Å². The van der Waals surface area contributed by atoms with Gasteiger partial charge in [0.1, 0.15) is 0 Å². The molecule has 1 atom stereocenters. The van der Waals surface area contributed by atoms with E-state index in [0.29, 0.717) is 11.1 Å². The van der Waals surface area contributed by atoms with Crippen LogP contribution in [0.5, 0.6) is 0 Å². The molecule has 0 aliphatic rings. The van der Waals surface area contributed by atoms with Gasteiger partial charge in [0.15, 0.2) is 5.78 Å². The number of para-hydroxylation sites is 1. The summed E-state index contributed by atoms with van der Waals surface area (Å²) in [5, 5.41) is 9.14. The van der Waals surface area contributed by atoms with Crippen LogP contribution in [-0.4, -0.2) is 26.2 Å². The molecular weight excluding hydrogens is 346 g/mol. The molecule has 2 aromatic heterocycles. The van der Waals surface area contributed by atoms with E-state index >= 15 is 0 Å². The third-order valence-electron chi connectivity index (χ3n) is 4.21. The lowest BCUT2D eigenvalue weighted by Gasteiger charge is -2.07. The molecule has 0 bridgehead atoms. The van der Waals surface area contributed by atoms with Gasteiger partial charge in [0.05, 0.1) is 5.25 Å². The van der Waals surface area contributed by atoms with Crippen LogP contribution in [-0.2, 0) is 0 Å². The average Bonchev–Trinajstić information content (AvgIpc) is 3.25. The maximum atomic E-state index is 13.0. The number of hydrogen-bond acceptors (Lipinski definition) is 5. The Balaban J connectivity index is 1.56. The Morgan fingerprint density at radius 2 is 1.81 bits per heavy atom. The van der Waals surface area contributed by atoms with Crippen molar-refractivity contribution in [3.05, 3.63) is 65.9 Å². The third-order valence-corrected chi connectivity index (χ3v) is 5.15. The van der Waals surface area contributed by atoms with Gasteiger partial charge in [-0.1, -0.05) is 48.2 Å². The molecule has 2 aromatic carbocycles. The number of Topliss-reactive ketones (excluding diaryl/α,β-unsaturated/α-hetero) is 1. The van der Waals surface area contributed by atoms with E-state index in [1.54, 1.807) is 0 Å². The second kappa shape index (κ2) is 6.80. The quantitative estimate of drug-likeness (QED) is 0.404. The molecule has 0 spiro atoms. The number of aromatic amines is 1. The summed E-state index contributed by atoms with van der Waals surface area (Å²) in [5.41, 5.74) is 3.43. The number of nitrogens with one attached hydrogen (secondary N) is 1. The van der Waals surface area contributed by atoms with E-state index in [2.05, 4.69) is 15.2 Å². The van der Waals surface area contributed by atoms with Crippen LogP contribution in [0, 0.1) is 6.92 Å². The fourth-order valence-electron chi connectivity index (χ4n) is 2.96. The molecule has 4 rings (SSSR count). The van der Waals surface area contributed by atoms with E-state index in [1.807, 2.05) is 68.4 Å². The summed E-state index contributed by atoms with van der Waals surface area (Å²) in [6.07, 6.45) is 0. The smallest absolute Gasteiger partial charge is 0.277 e. The summed E-state index contributed by atoms with van der Waals surface area (Å²) < 4.78 is 5.71. The number of fused-ring (bicyclic) bond motifs is 1. The van der Waals surface area contributed by atoms with E-state index < -0.39 is 0 Å². The van der Waals surface area contributed by atoms with Crippen molar-refractivity contribution in [1.82, 2.24) is 15.2 Å². The molecule has 0 amide bonds. The summed E-state index contributed by atoms with van der Waals surface area (Å²) >= 11 is 1.28. The van der Waals surface area contributed by atoms with Gasteiger partial charge in [-0.3, -0.25) is 4.79 Å². The first kappa shape index (κ1) is 16.6. The molecule has 5 nitrogen and oxygen atoms in total. The predicted molar refractivity (Wildman–Crippen MR) is 102 cm³/mol. The van der Waals surface area contributed by atoms with Crippen molar-refractivity contribution < 1.29 is 9.21 Å². The monoisotopic (exact) mass is 363 g/mol. The van der Waals surface area contributed by atoms with Crippen molar-refractivity contribution in [3.63, 3.8) is 0 Å². The van der Waals surface area contributed by atoms with Crippen LogP contribution < -0.4 is 0 Å². The number of nitrogens with zero attached hydrogens (tertiary/aromatic N) is 2. The fraction of sp³-hybridized carbons (Fsp3) is 0.150. The van der Waals surface area contributed by atoms with E-state index in [9.17, 15) is 4.79 Å². The Labute approximate surface area is 154 Å². The number of aromatic nitrogens is 3. The highest BCUT2D eigenvalue weighted by atomic mass is 32.2. The zero-order chi connectivity index (χ0) is 18.1. The van der Waals surface area contributed by atoms with Gasteiger partial charge in [0.25, 0.3) is 5.22 Å². The summed E-state index contributed by atoms with van der Waals surface area (Å²) in [5.74, 6) is 0.500. The van der Waals surface area contributed by atoms with Crippen molar-refractivity contribution in [3.8, 4) is 11.5 Å². The highest BCUT2D eigenvalue weighted by Gasteiger charge is 2.24. The lowest BCUT2D eigenvalue weighted by atomic mass is 10.1. The van der Waals surface area contributed by atoms with Crippen LogP contribution >= 0.6 is 11.8 Å². The molecule has 4 aromatic rings. The molecule has 0 radical (unpaired) electrons. The molecule has 2 heterocycles. The van der Waals surface area contributed by atoms with Gasteiger partial charge in [0.2, 0.25) is 5.89 Å². The van der Waals surface area contributed by atoms with Crippen molar-refractivity contribution in [2.45, 2.75) is 24.3 Å². The standard InChI is InChI=1S/C20H17N3O2S/c1-12-17(15-10-6-7-11-16(15)21-12)18(24)13(2)26-20-23-22-19(25-20)14-8-4-3-5-9-14/h3-11,13,21H,1-2H3. The number of H-pyrrole nitrogens is 1. The van der Waals surface area contributed by atoms with E-state index in [1.165, 1.54) is 11.8 Å². The first-order chi connectivity index (χ1) is 12.6. The molecule has 0 saturated heterocycles. The molecule has 0 aliphatic heterocycles. The number of rotatable bonds is 5. The molecule has 1 unspecified atom stereocenters. The zero-order valence-electron chi connectivity index (χ0n) is 14.4. The SMILES string of the molecule is Cc1[nH]c2ccccc2c1C(=O)C(C)Sc1nnc(-c2ccccc2)o1. The van der Waals surface area contributed by atoms with E-state index in [0.717, 1.165) is 27.7 Å². The van der Waals surface area contributed by atoms with Crippen molar-refractivity contribution in [1.29, 1.82) is 0 Å². The van der Waals surface area contributed by atoms with Gasteiger partial charge >= 0.3 is 0 Å². The fourth-order valence-corrected chi connectivity index (χ4v) is 3.70. The Morgan fingerprint density at radius 1 is 1.08 bits per heavy atom. The lowest BCUT2D eigenvalue weighted by molar-refractivity contribution is 0.0994. The normalized spacial score (nSPS) is 12.4. The van der Waals surface area contributed by atoms with Gasteiger partial charge < -0.3 is 9.40 Å². The number of carbonyl (C=O) groups is 1. The van der Waals surface area contributed by atoms with Crippen LogP contribution in [0.15, 0.2) is 64.2 Å². The summed E-state index contributed by atoms with van der Waals surface area (Å²) in [4.78, 5) is 16.3. The molecule has 130 valence electrons. The molecule has 6 heteroatoms. The van der Waals surface area contributed by atoms with Gasteiger partial charge in [0, 0.05) is 27.7 Å². The van der Waals surface area contributed by atoms with Crippen LogP contribution in [0.4, 0.5) is 0 Å². The summed E-state index contributed by atoms with van der Waals surface area (Å²) in [6, 6.07) is 17.4. The number of ketones is 1. The molecule has 0 fully saturated rings. The third kappa shape index (κ3) is 3.04. The number of carbonyl (C=O) groups excluding carboxylic acids is 1. The number of benzene rings is 2. The highest BCUT2D eigenvalue weighted by Crippen LogP contribution is 2.30. The zero-order valence-corrected chi connectivity index (χ0v) is 15.2. The lowest BCUT2D eigenvalue weighted by Crippen LogP contribution is -2.14. The maximum Gasteiger partial charge on any atom is 0.277 e. The van der Waals surface area contributed by atoms with Crippen molar-refractivity contribution in [2.75, 3.05) is 0 Å². The molecule has 0 aliphatic carbocycles. The van der Waals surface area contributed by atoms with Gasteiger partial charge in [-0.15, -0.1) is 10.2 Å². The first-order valence-electron chi connectivity index (χ1n) is 8.30. The largest absolute Gasteiger partial charge is 0.411 e. The van der Waals surface area contributed by atoms with Gasteiger partial charge in [-0.2, -0.15) is 0 Å². The average molecular weight is 363 g/mol. The number of hydrogen-bond donors (Lipinski definition) is 1. The second-order valence-electron chi connectivity index (χ2n) is 6.03. The molecule has 0 saturated carbocycles. The first-order valence-corrected chi connectivity index (χ1v) is 9.18. The van der Waals surface area contributed by atoms with Crippen LogP contribution in [0.25, 0.3) is 22.4 Å². The highest BCUT2D eigenvalue weighted by molar-refractivity contribution is 8.00. The van der Waals surface area contributed by atoms with Crippen molar-refractivity contribution in [2.24, 2.45) is 0 Å². The van der Waals surface area contributed by atoms with Crippen molar-refractivity contribution >= 4 is 28.4 Å². The number of thioether (sulfide) groups is 1. The Kier molecular flexibility index (Phi) is 4.34. The molecular formula is C20H17N3O2S. The minimum atomic E-state index is -0.336. The van der Waals surface area contributed by atoms with E-state index in [-0.39, 0.29) is 11.0 Å². The second-order valence-corrected chi connectivity index (χ2v) is 7.33. The number of aryl methyl sites for hydroxylation is 1. The molecule has 26 heavy (non-hydrogen) atoms. The minimum Gasteiger partial charge on any atom is -0.411 e. The van der Waals surface area contributed by atoms with Crippen LogP contribution in [0.2, 0.25) is 0 Å². The summed E-state index contributed by atoms with van der Waals surface area (Å²) in [6.45, 7) is 3.78. The van der Waals surface area contributed by atoms with Gasteiger partial charge in [-0.25, -0.2) is 0 Å². The Morgan fingerprint density at radius 3 is 2.62 bits per heavy atom. The van der Waals surface area contributed by atoms with E-state index in [4.69, 9.17) is 4.42 Å². The van der Waals surface area contributed by atoms with Crippen LogP contribution in [0.1, 0.15) is 23.0 Å². The minimum absolute atomic E-state index is 0.0458.